The number of hydrogen-bond acceptors (Lipinski definition) is 5. The highest BCUT2D eigenvalue weighted by atomic mass is 16.5. The summed E-state index contributed by atoms with van der Waals surface area (Å²) in [4.78, 5) is 24.5. The molecule has 1 aromatic carbocycles. The molecular weight excluding hydrogens is 306 g/mol. The van der Waals surface area contributed by atoms with E-state index in [-0.39, 0.29) is 11.8 Å². The number of nitrogens with two attached hydrogens (primary N) is 1. The van der Waals surface area contributed by atoms with Crippen molar-refractivity contribution >= 4 is 18.0 Å². The zero-order valence-corrected chi connectivity index (χ0v) is 13.9. The van der Waals surface area contributed by atoms with Crippen molar-refractivity contribution in [2.24, 2.45) is 29.4 Å². The van der Waals surface area contributed by atoms with Gasteiger partial charge >= 0.3 is 11.9 Å². The van der Waals surface area contributed by atoms with Crippen LogP contribution in [0.1, 0.15) is 12.0 Å². The fourth-order valence-corrected chi connectivity index (χ4v) is 3.39. The van der Waals surface area contributed by atoms with Crippen LogP contribution in [0.2, 0.25) is 0 Å². The molecule has 0 radical (unpaired) electrons. The lowest BCUT2D eigenvalue weighted by Gasteiger charge is -2.20. The van der Waals surface area contributed by atoms with Gasteiger partial charge in [-0.2, -0.15) is 0 Å². The van der Waals surface area contributed by atoms with E-state index in [1.165, 1.54) is 20.4 Å². The molecule has 5 nitrogen and oxygen atoms in total. The summed E-state index contributed by atoms with van der Waals surface area (Å²) < 4.78 is 9.83. The van der Waals surface area contributed by atoms with E-state index >= 15 is 0 Å². The van der Waals surface area contributed by atoms with Crippen molar-refractivity contribution in [1.82, 2.24) is 0 Å². The summed E-state index contributed by atoms with van der Waals surface area (Å²) in [5, 5.41) is 0. The monoisotopic (exact) mass is 329 g/mol. The van der Waals surface area contributed by atoms with Gasteiger partial charge in [0.25, 0.3) is 0 Å². The molecule has 0 spiro atoms. The van der Waals surface area contributed by atoms with E-state index in [4.69, 9.17) is 15.2 Å². The van der Waals surface area contributed by atoms with Crippen LogP contribution >= 0.6 is 0 Å². The second-order valence-electron chi connectivity index (χ2n) is 5.82. The molecule has 128 valence electrons. The van der Waals surface area contributed by atoms with Crippen molar-refractivity contribution in [3.63, 3.8) is 0 Å². The Kier molecular flexibility index (Phi) is 6.18. The first-order valence-corrected chi connectivity index (χ1v) is 7.89. The minimum atomic E-state index is -0.590. The first kappa shape index (κ1) is 17.8. The quantitative estimate of drug-likeness (QED) is 0.839. The van der Waals surface area contributed by atoms with Gasteiger partial charge in [-0.15, -0.1) is 0 Å². The van der Waals surface area contributed by atoms with Gasteiger partial charge in [-0.3, -0.25) is 9.59 Å². The van der Waals surface area contributed by atoms with E-state index in [9.17, 15) is 9.59 Å². The largest absolute Gasteiger partial charge is 0.469 e. The van der Waals surface area contributed by atoms with Crippen molar-refractivity contribution in [1.29, 1.82) is 0 Å². The second kappa shape index (κ2) is 8.34. The fourth-order valence-electron chi connectivity index (χ4n) is 3.39. The number of benzene rings is 1. The highest BCUT2D eigenvalue weighted by molar-refractivity contribution is 5.84. The highest BCUT2D eigenvalue weighted by Gasteiger charge is 2.50. The Balaban J connectivity index is 2.32. The molecule has 1 fully saturated rings. The Hall–Kier alpha value is -2.56. The zero-order chi connectivity index (χ0) is 17.5. The Morgan fingerprint density at radius 2 is 1.54 bits per heavy atom. The van der Waals surface area contributed by atoms with Gasteiger partial charge in [0, 0.05) is 0 Å². The van der Waals surface area contributed by atoms with Crippen LogP contribution in [-0.4, -0.2) is 26.2 Å². The summed E-state index contributed by atoms with van der Waals surface area (Å²) in [5.41, 5.74) is 6.55. The number of carbonyl (C=O) groups is 2. The molecule has 2 rings (SSSR count). The Labute approximate surface area is 142 Å². The van der Waals surface area contributed by atoms with Gasteiger partial charge in [-0.05, 0) is 30.0 Å². The maximum absolute atomic E-state index is 12.3. The molecule has 4 unspecified atom stereocenters. The van der Waals surface area contributed by atoms with Crippen molar-refractivity contribution in [3.8, 4) is 0 Å². The maximum atomic E-state index is 12.3. The van der Waals surface area contributed by atoms with E-state index in [2.05, 4.69) is 0 Å². The minimum absolute atomic E-state index is 0.122. The summed E-state index contributed by atoms with van der Waals surface area (Å²) in [6, 6.07) is 9.80. The van der Waals surface area contributed by atoms with Crippen LogP contribution in [0.5, 0.6) is 0 Å². The molecule has 1 aromatic rings. The molecule has 1 saturated carbocycles. The highest BCUT2D eigenvalue weighted by Crippen LogP contribution is 2.44. The summed E-state index contributed by atoms with van der Waals surface area (Å²) in [6.07, 6.45) is 7.74. The molecule has 1 aliphatic rings. The molecule has 0 saturated heterocycles. The van der Waals surface area contributed by atoms with Crippen LogP contribution in [0, 0.1) is 23.7 Å². The van der Waals surface area contributed by atoms with E-state index < -0.39 is 23.8 Å². The standard InChI is InChI=1S/C19H23NO4/c1-23-18(21)16-14(9-8-13-6-4-3-5-7-13)12-15(10-11-20)17(16)19(22)24-2/h3-11,14-17H,12,20H2,1-2H3/b9-8-,11-10-. The number of allylic oxidation sites excluding steroid dienone is 2. The van der Waals surface area contributed by atoms with Crippen LogP contribution in [0.15, 0.2) is 48.7 Å². The van der Waals surface area contributed by atoms with Crippen LogP contribution in [0.4, 0.5) is 0 Å². The third kappa shape index (κ3) is 3.85. The molecule has 0 bridgehead atoms. The van der Waals surface area contributed by atoms with Gasteiger partial charge in [0.1, 0.15) is 0 Å². The van der Waals surface area contributed by atoms with Gasteiger partial charge < -0.3 is 15.2 Å². The second-order valence-corrected chi connectivity index (χ2v) is 5.82. The average Bonchev–Trinajstić information content (AvgIpc) is 2.98. The smallest absolute Gasteiger partial charge is 0.310 e. The fraction of sp³-hybridized carbons (Fsp3) is 0.368. The van der Waals surface area contributed by atoms with Gasteiger partial charge in [-0.25, -0.2) is 0 Å². The van der Waals surface area contributed by atoms with Crippen molar-refractivity contribution in [2.75, 3.05) is 14.2 Å². The third-order valence-corrected chi connectivity index (χ3v) is 4.49. The van der Waals surface area contributed by atoms with Crippen LogP contribution in [-0.2, 0) is 19.1 Å². The topological polar surface area (TPSA) is 78.6 Å². The number of esters is 2. The number of methoxy groups -OCH3 is 2. The number of hydrogen-bond donors (Lipinski definition) is 1. The van der Waals surface area contributed by atoms with Crippen molar-refractivity contribution < 1.29 is 19.1 Å². The Morgan fingerprint density at radius 3 is 2.04 bits per heavy atom. The van der Waals surface area contributed by atoms with Crippen molar-refractivity contribution in [3.05, 3.63) is 54.2 Å². The van der Waals surface area contributed by atoms with Crippen LogP contribution in [0.25, 0.3) is 6.08 Å². The molecule has 1 aliphatic carbocycles. The van der Waals surface area contributed by atoms with Gasteiger partial charge in [0.2, 0.25) is 0 Å². The van der Waals surface area contributed by atoms with Crippen molar-refractivity contribution in [2.45, 2.75) is 6.42 Å². The SMILES string of the molecule is COC(=O)C1C(/C=C\N)CC(/C=C\c2ccccc2)C1C(=O)OC. The average molecular weight is 329 g/mol. The number of rotatable bonds is 5. The number of carbonyl (C=O) groups excluding carboxylic acids is 2. The zero-order valence-electron chi connectivity index (χ0n) is 13.9. The summed E-state index contributed by atoms with van der Waals surface area (Å²) in [7, 11) is 2.66. The molecule has 5 heteroatoms. The summed E-state index contributed by atoms with van der Waals surface area (Å²) >= 11 is 0. The van der Waals surface area contributed by atoms with E-state index in [1.807, 2.05) is 42.5 Å². The summed E-state index contributed by atoms with van der Waals surface area (Å²) in [5.74, 6) is -2.26. The lowest BCUT2D eigenvalue weighted by molar-refractivity contribution is -0.157. The van der Waals surface area contributed by atoms with Gasteiger partial charge in [0.15, 0.2) is 0 Å². The normalized spacial score (nSPS) is 26.8. The first-order valence-electron chi connectivity index (χ1n) is 7.89. The predicted molar refractivity (Wildman–Crippen MR) is 91.4 cm³/mol. The van der Waals surface area contributed by atoms with E-state index in [0.717, 1.165) is 5.56 Å². The molecule has 2 N–H and O–H groups in total. The third-order valence-electron chi connectivity index (χ3n) is 4.49. The number of ether oxygens (including phenoxy) is 2. The Morgan fingerprint density at radius 1 is 1.00 bits per heavy atom. The lowest BCUT2D eigenvalue weighted by Crippen LogP contribution is -2.33. The van der Waals surface area contributed by atoms with E-state index in [1.54, 1.807) is 6.08 Å². The predicted octanol–water partition coefficient (Wildman–Crippen LogP) is 2.39. The van der Waals surface area contributed by atoms with Crippen LogP contribution in [0.3, 0.4) is 0 Å². The van der Waals surface area contributed by atoms with Crippen LogP contribution < -0.4 is 5.73 Å². The first-order chi connectivity index (χ1) is 11.6. The molecule has 4 atom stereocenters. The molecule has 0 aliphatic heterocycles. The molecular formula is C19H23NO4. The summed E-state index contributed by atoms with van der Waals surface area (Å²) in [6.45, 7) is 0. The molecule has 24 heavy (non-hydrogen) atoms. The van der Waals surface area contributed by atoms with Gasteiger partial charge in [0.05, 0.1) is 26.1 Å². The minimum Gasteiger partial charge on any atom is -0.469 e. The molecule has 0 aromatic heterocycles. The lowest BCUT2D eigenvalue weighted by atomic mass is 9.86. The van der Waals surface area contributed by atoms with Gasteiger partial charge in [-0.1, -0.05) is 48.6 Å². The Bertz CT molecular complexity index is 624. The molecule has 0 heterocycles. The molecule has 0 amide bonds. The van der Waals surface area contributed by atoms with E-state index in [0.29, 0.717) is 6.42 Å². The maximum Gasteiger partial charge on any atom is 0.310 e.